The minimum absolute atomic E-state index is 0.0399. The van der Waals surface area contributed by atoms with Crippen molar-refractivity contribution >= 4 is 28.8 Å². The molecule has 44 heavy (non-hydrogen) atoms. The molecule has 3 atom stereocenters. The maximum atomic E-state index is 13.6. The summed E-state index contributed by atoms with van der Waals surface area (Å²) >= 11 is 1.59. The number of anilines is 1. The van der Waals surface area contributed by atoms with Crippen molar-refractivity contribution in [2.24, 2.45) is 0 Å². The second-order valence-electron chi connectivity index (χ2n) is 11.6. The summed E-state index contributed by atoms with van der Waals surface area (Å²) in [6.07, 6.45) is 1.43. The van der Waals surface area contributed by atoms with Gasteiger partial charge in [0.1, 0.15) is 5.01 Å². The molecule has 0 bridgehead atoms. The van der Waals surface area contributed by atoms with Crippen LogP contribution in [0.4, 0.5) is 5.69 Å². The van der Waals surface area contributed by atoms with Crippen LogP contribution in [0, 0.1) is 6.92 Å². The van der Waals surface area contributed by atoms with Crippen LogP contribution in [0.25, 0.3) is 0 Å². The van der Waals surface area contributed by atoms with Gasteiger partial charge in [0.2, 0.25) is 0 Å². The fraction of sp³-hybridized carbons (Fsp3) is 0.343. The van der Waals surface area contributed by atoms with E-state index >= 15 is 0 Å². The van der Waals surface area contributed by atoms with Crippen LogP contribution in [0.2, 0.25) is 0 Å². The highest BCUT2D eigenvalue weighted by Crippen LogP contribution is 2.34. The zero-order chi connectivity index (χ0) is 31.1. The van der Waals surface area contributed by atoms with E-state index in [0.29, 0.717) is 37.2 Å². The number of carbonyl (C=O) groups is 2. The van der Waals surface area contributed by atoms with Gasteiger partial charge in [0.25, 0.3) is 11.8 Å². The van der Waals surface area contributed by atoms with Gasteiger partial charge in [0.15, 0.2) is 0 Å². The molecule has 1 saturated heterocycles. The number of hydrogen-bond donors (Lipinski definition) is 3. The monoisotopic (exact) mass is 611 g/mol. The van der Waals surface area contributed by atoms with E-state index in [4.69, 9.17) is 0 Å². The molecule has 8 nitrogen and oxygen atoms in total. The summed E-state index contributed by atoms with van der Waals surface area (Å²) in [5.41, 5.74) is 5.05. The van der Waals surface area contributed by atoms with E-state index in [9.17, 15) is 14.7 Å². The van der Waals surface area contributed by atoms with Crippen LogP contribution in [-0.4, -0.2) is 66.1 Å². The Bertz CT molecular complexity index is 1560. The Morgan fingerprint density at radius 3 is 2.52 bits per heavy atom. The quantitative estimate of drug-likeness (QED) is 0.209. The third kappa shape index (κ3) is 7.91. The van der Waals surface area contributed by atoms with Crippen LogP contribution in [0.1, 0.15) is 61.4 Å². The topological polar surface area (TPSA) is 97.8 Å². The van der Waals surface area contributed by atoms with Gasteiger partial charge in [0, 0.05) is 61.6 Å². The Morgan fingerprint density at radius 1 is 1.02 bits per heavy atom. The number of carbonyl (C=O) groups excluding carboxylic acids is 2. The number of nitrogens with one attached hydrogen (secondary N) is 2. The largest absolute Gasteiger partial charge is 0.390 e. The number of rotatable bonds is 12. The van der Waals surface area contributed by atoms with E-state index in [-0.39, 0.29) is 17.9 Å². The molecule has 0 spiro atoms. The fourth-order valence-electron chi connectivity index (χ4n) is 5.61. The summed E-state index contributed by atoms with van der Waals surface area (Å²) in [5.74, 6) is -0.426. The van der Waals surface area contributed by atoms with Crippen LogP contribution in [0.5, 0.6) is 0 Å². The summed E-state index contributed by atoms with van der Waals surface area (Å²) in [6.45, 7) is 3.52. The second kappa shape index (κ2) is 14.6. The molecule has 1 fully saturated rings. The van der Waals surface area contributed by atoms with E-state index in [2.05, 4.69) is 32.7 Å². The maximum Gasteiger partial charge on any atom is 0.254 e. The lowest BCUT2D eigenvalue weighted by atomic mass is 10.00. The first-order valence-corrected chi connectivity index (χ1v) is 16.0. The predicted molar refractivity (Wildman–Crippen MR) is 176 cm³/mol. The molecule has 0 unspecified atom stereocenters. The van der Waals surface area contributed by atoms with Gasteiger partial charge in [-0.3, -0.25) is 9.59 Å². The number of nitrogens with zero attached hydrogens (tertiary/aromatic N) is 3. The summed E-state index contributed by atoms with van der Waals surface area (Å²) in [7, 11) is 4.01. The van der Waals surface area contributed by atoms with E-state index < -0.39 is 12.1 Å². The lowest BCUT2D eigenvalue weighted by Gasteiger charge is -2.25. The Hall–Kier alpha value is -4.05. The molecule has 5 rings (SSSR count). The van der Waals surface area contributed by atoms with Crippen molar-refractivity contribution in [2.75, 3.05) is 32.1 Å². The third-order valence-corrected chi connectivity index (χ3v) is 9.06. The molecule has 3 aromatic carbocycles. The SMILES string of the molecule is Cc1csc([C@H]2CCCN2C(=O)c2cccc(C(=O)N[C@@H](Cc3ccccc3)[C@@H](O)CNCc3cccc(N(C)C)c3)c2)n1. The fourth-order valence-corrected chi connectivity index (χ4v) is 6.55. The molecule has 2 heterocycles. The molecule has 2 amide bonds. The number of amides is 2. The first-order chi connectivity index (χ1) is 21.3. The molecule has 0 aliphatic carbocycles. The van der Waals surface area contributed by atoms with Crippen LogP contribution in [-0.2, 0) is 13.0 Å². The van der Waals surface area contributed by atoms with Gasteiger partial charge >= 0.3 is 0 Å². The van der Waals surface area contributed by atoms with Crippen molar-refractivity contribution < 1.29 is 14.7 Å². The number of aromatic nitrogens is 1. The number of likely N-dealkylation sites (tertiary alicyclic amines) is 1. The summed E-state index contributed by atoms with van der Waals surface area (Å²) < 4.78 is 0. The molecule has 0 radical (unpaired) electrons. The molecule has 1 aliphatic heterocycles. The minimum atomic E-state index is -0.840. The summed E-state index contributed by atoms with van der Waals surface area (Å²) in [5, 5.41) is 20.6. The molecular formula is C35H41N5O3S. The zero-order valence-corrected chi connectivity index (χ0v) is 26.4. The van der Waals surface area contributed by atoms with Crippen LogP contribution in [0.15, 0.2) is 84.2 Å². The lowest BCUT2D eigenvalue weighted by Crippen LogP contribution is -2.48. The summed E-state index contributed by atoms with van der Waals surface area (Å²) in [6, 6.07) is 24.3. The third-order valence-electron chi connectivity index (χ3n) is 8.00. The highest BCUT2D eigenvalue weighted by Gasteiger charge is 2.33. The maximum absolute atomic E-state index is 13.6. The highest BCUT2D eigenvalue weighted by molar-refractivity contribution is 7.09. The minimum Gasteiger partial charge on any atom is -0.390 e. The molecule has 3 N–H and O–H groups in total. The number of hydrogen-bond acceptors (Lipinski definition) is 7. The first-order valence-electron chi connectivity index (χ1n) is 15.1. The van der Waals surface area contributed by atoms with Crippen LogP contribution >= 0.6 is 11.3 Å². The zero-order valence-electron chi connectivity index (χ0n) is 25.6. The van der Waals surface area contributed by atoms with Gasteiger partial charge in [-0.1, -0.05) is 48.5 Å². The standard InChI is InChI=1S/C35H41N5O3S/c1-24-23-44-34(37-24)31-16-9-17-40(31)35(43)28-14-8-13-27(20-28)33(42)38-30(19-25-10-5-4-6-11-25)32(41)22-36-21-26-12-7-15-29(18-26)39(2)3/h4-8,10-15,18,20,23,30-32,36,41H,9,16-17,19,21-22H2,1-3H3,(H,38,42)/t30-,31+,32-/m0/s1. The Balaban J connectivity index is 1.26. The average molecular weight is 612 g/mol. The normalized spacial score (nSPS) is 16.0. The van der Waals surface area contributed by atoms with Crippen molar-refractivity contribution in [3.63, 3.8) is 0 Å². The van der Waals surface area contributed by atoms with Crippen molar-refractivity contribution in [3.8, 4) is 0 Å². The molecule has 4 aromatic rings. The van der Waals surface area contributed by atoms with E-state index in [1.807, 2.05) is 73.8 Å². The molecular weight excluding hydrogens is 570 g/mol. The van der Waals surface area contributed by atoms with Gasteiger partial charge in [-0.05, 0) is 67.6 Å². The van der Waals surface area contributed by atoms with Crippen molar-refractivity contribution in [2.45, 2.75) is 50.9 Å². The Morgan fingerprint density at radius 2 is 1.77 bits per heavy atom. The average Bonchev–Trinajstić information content (AvgIpc) is 3.70. The number of aliphatic hydroxyl groups excluding tert-OH is 1. The number of benzene rings is 3. The Labute approximate surface area is 263 Å². The Kier molecular flexibility index (Phi) is 10.4. The number of thiazole rings is 1. The summed E-state index contributed by atoms with van der Waals surface area (Å²) in [4.78, 5) is 35.7. The van der Waals surface area contributed by atoms with Crippen molar-refractivity contribution in [1.82, 2.24) is 20.5 Å². The van der Waals surface area contributed by atoms with Gasteiger partial charge in [0.05, 0.1) is 18.2 Å². The van der Waals surface area contributed by atoms with E-state index in [1.54, 1.807) is 35.6 Å². The van der Waals surface area contributed by atoms with Gasteiger partial charge in [-0.25, -0.2) is 4.98 Å². The van der Waals surface area contributed by atoms with Crippen molar-refractivity contribution in [3.05, 3.63) is 117 Å². The first kappa shape index (κ1) is 31.4. The molecule has 1 aromatic heterocycles. The van der Waals surface area contributed by atoms with Crippen molar-refractivity contribution in [1.29, 1.82) is 0 Å². The lowest BCUT2D eigenvalue weighted by molar-refractivity contribution is 0.0735. The second-order valence-corrected chi connectivity index (χ2v) is 12.5. The molecule has 9 heteroatoms. The predicted octanol–water partition coefficient (Wildman–Crippen LogP) is 4.99. The van der Waals surface area contributed by atoms with E-state index in [0.717, 1.165) is 40.4 Å². The molecule has 230 valence electrons. The molecule has 0 saturated carbocycles. The number of aliphatic hydroxyl groups is 1. The van der Waals surface area contributed by atoms with Gasteiger partial charge < -0.3 is 25.5 Å². The molecule has 1 aliphatic rings. The van der Waals surface area contributed by atoms with Gasteiger partial charge in [-0.2, -0.15) is 0 Å². The van der Waals surface area contributed by atoms with Crippen LogP contribution in [0.3, 0.4) is 0 Å². The van der Waals surface area contributed by atoms with Crippen LogP contribution < -0.4 is 15.5 Å². The highest BCUT2D eigenvalue weighted by atomic mass is 32.1. The smallest absolute Gasteiger partial charge is 0.254 e. The van der Waals surface area contributed by atoms with Gasteiger partial charge in [-0.15, -0.1) is 11.3 Å². The number of aryl methyl sites for hydroxylation is 1. The van der Waals surface area contributed by atoms with E-state index in [1.165, 1.54) is 0 Å².